The molecule has 0 spiro atoms. The Morgan fingerprint density at radius 2 is 2.12 bits per heavy atom. The van der Waals surface area contributed by atoms with Gasteiger partial charge in [-0.25, -0.2) is 34.1 Å². The van der Waals surface area contributed by atoms with Crippen molar-refractivity contribution in [3.05, 3.63) is 72.3 Å². The van der Waals surface area contributed by atoms with Crippen LogP contribution in [0.15, 0.2) is 54.4 Å². The van der Waals surface area contributed by atoms with Crippen molar-refractivity contribution in [2.45, 2.75) is 13.8 Å². The normalized spacial score (nSPS) is 10.6. The minimum atomic E-state index is 0. The molecule has 0 amide bonds. The Hall–Kier alpha value is -0.954. The molecule has 0 saturated heterocycles. The van der Waals surface area contributed by atoms with E-state index in [9.17, 15) is 0 Å². The molecule has 0 unspecified atom stereocenters. The summed E-state index contributed by atoms with van der Waals surface area (Å²) in [6.45, 7) is 10.6. The smallest absolute Gasteiger partial charge is 0.368 e. The molecule has 3 nitrogen and oxygen atoms in total. The molecule has 2 heterocycles. The van der Waals surface area contributed by atoms with Gasteiger partial charge < -0.3 is 5.32 Å². The fraction of sp³-hybridized carbons (Fsp3) is 0.150. The van der Waals surface area contributed by atoms with Gasteiger partial charge in [0.15, 0.2) is 0 Å². The zero-order valence-electron chi connectivity index (χ0n) is 14.8. The molecular weight excluding hydrogens is 353 g/mol. The summed E-state index contributed by atoms with van der Waals surface area (Å²) in [5.74, 6) is 0.798. The second-order valence-electron chi connectivity index (χ2n) is 5.49. The summed E-state index contributed by atoms with van der Waals surface area (Å²) in [7, 11) is 0. The maximum absolute atomic E-state index is 5.98. The van der Waals surface area contributed by atoms with E-state index in [-0.39, 0.29) is 51.4 Å². The molecule has 25 heavy (non-hydrogen) atoms. The van der Waals surface area contributed by atoms with Crippen LogP contribution in [0.2, 0.25) is 0 Å². The van der Waals surface area contributed by atoms with Gasteiger partial charge in [0.25, 0.3) is 0 Å². The van der Waals surface area contributed by atoms with Crippen LogP contribution in [0.25, 0.3) is 21.3 Å². The molecule has 0 fully saturated rings. The van der Waals surface area contributed by atoms with Crippen molar-refractivity contribution >= 4 is 28.1 Å². The summed E-state index contributed by atoms with van der Waals surface area (Å²) in [4.78, 5) is 11.3. The minimum absolute atomic E-state index is 0. The first-order valence-corrected chi connectivity index (χ1v) is 8.62. The van der Waals surface area contributed by atoms with Crippen LogP contribution >= 0.6 is 11.3 Å². The Kier molecular flexibility index (Phi) is 7.87. The van der Waals surface area contributed by atoms with Gasteiger partial charge in [-0.3, -0.25) is 6.58 Å². The molecule has 0 aliphatic rings. The average molecular weight is 373 g/mol. The van der Waals surface area contributed by atoms with Crippen molar-refractivity contribution in [3.63, 3.8) is 0 Å². The number of hydrogen-bond acceptors (Lipinski definition) is 4. The first-order valence-electron chi connectivity index (χ1n) is 7.80. The molecular formula is C20H19KN3S-. The van der Waals surface area contributed by atoms with E-state index in [1.54, 1.807) is 17.7 Å². The van der Waals surface area contributed by atoms with E-state index in [0.717, 1.165) is 22.3 Å². The summed E-state index contributed by atoms with van der Waals surface area (Å²) < 4.78 is 0. The van der Waals surface area contributed by atoms with Gasteiger partial charge in [0.2, 0.25) is 0 Å². The standard InChI is InChI=1S/C20H19N3S.K/c1-4-5-6-14(2)12-21-20-17-11-16(19-10-7-15(3)24-19)8-9-18(17)22-13-23-20;/h2,4-11,13H,12H2,1,3H3,(H,21,22,23);/q-2;+1/b6-5-;. The molecule has 1 aromatic carbocycles. The van der Waals surface area contributed by atoms with E-state index in [1.165, 1.54) is 15.3 Å². The van der Waals surface area contributed by atoms with E-state index < -0.39 is 0 Å². The van der Waals surface area contributed by atoms with Crippen LogP contribution in [0.3, 0.4) is 0 Å². The number of aryl methyl sites for hydroxylation is 1. The maximum atomic E-state index is 5.98. The Bertz CT molecular complexity index is 899. The molecule has 1 N–H and O–H groups in total. The topological polar surface area (TPSA) is 37.8 Å². The molecule has 0 aliphatic carbocycles. The van der Waals surface area contributed by atoms with Crippen LogP contribution in [0.4, 0.5) is 5.82 Å². The SMILES string of the molecule is [CH-]=C(/C=C\[CH-]C)CNc1ncnc2ccc(-c3ccc(C)s3)cc12.[K+]. The molecule has 3 rings (SSSR count). The number of anilines is 1. The summed E-state index contributed by atoms with van der Waals surface area (Å²) in [5, 5.41) is 4.31. The zero-order valence-corrected chi connectivity index (χ0v) is 18.7. The van der Waals surface area contributed by atoms with Crippen molar-refractivity contribution in [2.75, 3.05) is 11.9 Å². The van der Waals surface area contributed by atoms with Crippen LogP contribution in [-0.2, 0) is 0 Å². The largest absolute Gasteiger partial charge is 1.00 e. The third-order valence-electron chi connectivity index (χ3n) is 3.62. The summed E-state index contributed by atoms with van der Waals surface area (Å²) in [5.41, 5.74) is 2.85. The quantitative estimate of drug-likeness (QED) is 0.410. The molecule has 5 heteroatoms. The van der Waals surface area contributed by atoms with Gasteiger partial charge in [0.1, 0.15) is 12.1 Å². The third kappa shape index (κ3) is 5.26. The van der Waals surface area contributed by atoms with Crippen molar-refractivity contribution in [1.82, 2.24) is 9.97 Å². The van der Waals surface area contributed by atoms with Crippen LogP contribution in [0.1, 0.15) is 11.8 Å². The number of nitrogens with one attached hydrogen (secondary N) is 1. The van der Waals surface area contributed by atoms with Crippen LogP contribution in [0.5, 0.6) is 0 Å². The third-order valence-corrected chi connectivity index (χ3v) is 4.67. The zero-order chi connectivity index (χ0) is 16.9. The fourth-order valence-electron chi connectivity index (χ4n) is 2.40. The van der Waals surface area contributed by atoms with Crippen LogP contribution < -0.4 is 56.7 Å². The molecule has 122 valence electrons. The van der Waals surface area contributed by atoms with Crippen molar-refractivity contribution in [3.8, 4) is 10.4 Å². The van der Waals surface area contributed by atoms with Gasteiger partial charge in [-0.1, -0.05) is 6.07 Å². The number of fused-ring (bicyclic) bond motifs is 1. The molecule has 0 saturated carbocycles. The number of rotatable bonds is 6. The number of hydrogen-bond donors (Lipinski definition) is 1. The summed E-state index contributed by atoms with van der Waals surface area (Å²) in [6, 6.07) is 10.6. The molecule has 0 atom stereocenters. The summed E-state index contributed by atoms with van der Waals surface area (Å²) in [6.07, 6.45) is 7.33. The van der Waals surface area contributed by atoms with Crippen molar-refractivity contribution in [2.24, 2.45) is 0 Å². The fourth-order valence-corrected chi connectivity index (χ4v) is 3.27. The molecule has 0 radical (unpaired) electrons. The van der Waals surface area contributed by atoms with E-state index in [0.29, 0.717) is 6.54 Å². The van der Waals surface area contributed by atoms with E-state index in [1.807, 2.05) is 31.6 Å². The molecule has 0 aliphatic heterocycles. The van der Waals surface area contributed by atoms with E-state index in [2.05, 4.69) is 46.5 Å². The number of aromatic nitrogens is 2. The van der Waals surface area contributed by atoms with Crippen LogP contribution in [0, 0.1) is 19.9 Å². The predicted octanol–water partition coefficient (Wildman–Crippen LogP) is 2.22. The second-order valence-corrected chi connectivity index (χ2v) is 6.77. The number of allylic oxidation sites excluding steroid dienone is 1. The molecule has 2 aromatic heterocycles. The Balaban J connectivity index is 0.00000225. The maximum Gasteiger partial charge on any atom is 1.00 e. The van der Waals surface area contributed by atoms with Crippen molar-refractivity contribution < 1.29 is 51.4 Å². The van der Waals surface area contributed by atoms with Gasteiger partial charge in [0.05, 0.1) is 5.52 Å². The first-order chi connectivity index (χ1) is 11.7. The van der Waals surface area contributed by atoms with Gasteiger partial charge in [-0.2, -0.15) is 0 Å². The average Bonchev–Trinajstić information content (AvgIpc) is 3.04. The number of thiophene rings is 1. The Morgan fingerprint density at radius 3 is 2.84 bits per heavy atom. The van der Waals surface area contributed by atoms with E-state index >= 15 is 0 Å². The van der Waals surface area contributed by atoms with Crippen molar-refractivity contribution in [1.29, 1.82) is 0 Å². The van der Waals surface area contributed by atoms with Gasteiger partial charge >= 0.3 is 51.4 Å². The van der Waals surface area contributed by atoms with Gasteiger partial charge in [-0.05, 0) is 36.8 Å². The van der Waals surface area contributed by atoms with E-state index in [4.69, 9.17) is 6.58 Å². The first kappa shape index (κ1) is 20.4. The monoisotopic (exact) mass is 372 g/mol. The van der Waals surface area contributed by atoms with Gasteiger partial charge in [0, 0.05) is 21.7 Å². The predicted molar refractivity (Wildman–Crippen MR) is 103 cm³/mol. The minimum Gasteiger partial charge on any atom is -0.368 e. The Morgan fingerprint density at radius 1 is 1.28 bits per heavy atom. The number of nitrogens with zero attached hydrogens (tertiary/aromatic N) is 2. The Labute approximate surface area is 195 Å². The molecule has 0 bridgehead atoms. The number of benzene rings is 1. The van der Waals surface area contributed by atoms with Gasteiger partial charge in [-0.15, -0.1) is 18.3 Å². The van der Waals surface area contributed by atoms with Crippen LogP contribution in [-0.4, -0.2) is 16.5 Å². The molecule has 3 aromatic rings. The summed E-state index contributed by atoms with van der Waals surface area (Å²) >= 11 is 1.78. The second kappa shape index (κ2) is 9.66.